The number of nitrogens with one attached hydrogen (secondary N) is 1. The molecule has 3 aromatic rings. The Labute approximate surface area is 388 Å². The number of aliphatic hydroxyl groups is 1. The van der Waals surface area contributed by atoms with Crippen LogP contribution in [-0.4, -0.2) is 150 Å². The standard InChI is InChI=1S/C46H65N4O14PS/c1-7-58-44(52)33(4)63-65(54,64-38-10-8-9-35(25-38)28-49-22-20-48(5)21-23-49)31-61-37-13-11-34(12-14-37)26-41(47-46(53)62-43-30-60-45-40(43)19-24-59-45)42(51)29-50(27-32(2)3)66(55,56)39-17-15-36(57-6)16-18-39/h8-18,25,32-33,40-43,45,51H,7,19-24,26-31H2,1-6H3,(H,47,53)/t33-,40-,41-,42+,43-,45+,65?/m0/s1. The molecule has 364 valence electrons. The van der Waals surface area contributed by atoms with Crippen molar-refractivity contribution in [1.82, 2.24) is 19.4 Å². The highest BCUT2D eigenvalue weighted by Gasteiger charge is 2.44. The van der Waals surface area contributed by atoms with Crippen LogP contribution in [0.25, 0.3) is 0 Å². The molecule has 0 aromatic heterocycles. The van der Waals surface area contributed by atoms with Crippen molar-refractivity contribution in [3.63, 3.8) is 0 Å². The summed E-state index contributed by atoms with van der Waals surface area (Å²) >= 11 is 0. The highest BCUT2D eigenvalue weighted by atomic mass is 32.2. The second-order valence-electron chi connectivity index (χ2n) is 17.2. The predicted octanol–water partition coefficient (Wildman–Crippen LogP) is 5.13. The second-order valence-corrected chi connectivity index (χ2v) is 21.0. The molecule has 0 saturated carbocycles. The summed E-state index contributed by atoms with van der Waals surface area (Å²) in [7, 11) is -4.69. The summed E-state index contributed by atoms with van der Waals surface area (Å²) in [5.74, 6) is 0.129. The molecular weight excluding hydrogens is 896 g/mol. The fourth-order valence-electron chi connectivity index (χ4n) is 7.94. The lowest BCUT2D eigenvalue weighted by molar-refractivity contribution is -0.150. The van der Waals surface area contributed by atoms with Crippen molar-refractivity contribution in [2.45, 2.75) is 82.6 Å². The molecule has 3 saturated heterocycles. The number of nitrogens with zero attached hydrogens (tertiary/aromatic N) is 3. The van der Waals surface area contributed by atoms with Gasteiger partial charge in [0.05, 0.1) is 49.9 Å². The van der Waals surface area contributed by atoms with E-state index in [1.807, 2.05) is 26.0 Å². The number of fused-ring (bicyclic) bond motifs is 1. The van der Waals surface area contributed by atoms with E-state index >= 15 is 0 Å². The third-order valence-electron chi connectivity index (χ3n) is 11.5. The monoisotopic (exact) mass is 960 g/mol. The molecule has 3 aliphatic rings. The molecule has 0 aliphatic carbocycles. The van der Waals surface area contributed by atoms with Crippen LogP contribution in [0.15, 0.2) is 77.7 Å². The number of hydrogen-bond acceptors (Lipinski definition) is 16. The first kappa shape index (κ1) is 51.1. The van der Waals surface area contributed by atoms with E-state index < -0.39 is 66.7 Å². The maximum Gasteiger partial charge on any atom is 0.417 e. The summed E-state index contributed by atoms with van der Waals surface area (Å²) in [6.45, 7) is 11.8. The fraction of sp³-hybridized carbons (Fsp3) is 0.565. The Bertz CT molecular complexity index is 2190. The zero-order chi connectivity index (χ0) is 47.4. The molecule has 18 nitrogen and oxygen atoms in total. The molecule has 66 heavy (non-hydrogen) atoms. The molecule has 3 aromatic carbocycles. The highest BCUT2D eigenvalue weighted by Crippen LogP contribution is 2.50. The molecule has 1 amide bonds. The Morgan fingerprint density at radius 2 is 1.65 bits per heavy atom. The Balaban J connectivity index is 1.17. The number of ether oxygens (including phenoxy) is 6. The molecule has 0 spiro atoms. The van der Waals surface area contributed by atoms with E-state index in [1.54, 1.807) is 55.5 Å². The number of esters is 1. The van der Waals surface area contributed by atoms with Gasteiger partial charge in [0.1, 0.15) is 23.4 Å². The molecule has 0 bridgehead atoms. The number of methoxy groups -OCH3 is 1. The number of rotatable bonds is 23. The summed E-state index contributed by atoms with van der Waals surface area (Å²) in [6, 6.07) is 18.8. The first-order valence-corrected chi connectivity index (χ1v) is 25.6. The topological polar surface area (TPSA) is 201 Å². The average molecular weight is 961 g/mol. The van der Waals surface area contributed by atoms with Gasteiger partial charge in [-0.3, -0.25) is 9.42 Å². The van der Waals surface area contributed by atoms with E-state index in [0.29, 0.717) is 30.9 Å². The van der Waals surface area contributed by atoms with Crippen LogP contribution in [-0.2, 0) is 55.8 Å². The summed E-state index contributed by atoms with van der Waals surface area (Å²) in [5.41, 5.74) is 1.60. The lowest BCUT2D eigenvalue weighted by Gasteiger charge is -2.32. The van der Waals surface area contributed by atoms with Gasteiger partial charge in [-0.1, -0.05) is 38.1 Å². The summed E-state index contributed by atoms with van der Waals surface area (Å²) in [4.78, 5) is 30.7. The third-order valence-corrected chi connectivity index (χ3v) is 14.9. The van der Waals surface area contributed by atoms with Crippen LogP contribution in [0.5, 0.6) is 17.2 Å². The summed E-state index contributed by atoms with van der Waals surface area (Å²) < 4.78 is 88.7. The number of likely N-dealkylation sites (N-methyl/N-ethyl adjacent to an activating group) is 1. The van der Waals surface area contributed by atoms with E-state index in [1.165, 1.54) is 30.5 Å². The van der Waals surface area contributed by atoms with Gasteiger partial charge in [-0.2, -0.15) is 4.31 Å². The zero-order valence-electron chi connectivity index (χ0n) is 38.6. The van der Waals surface area contributed by atoms with Crippen molar-refractivity contribution in [3.8, 4) is 17.2 Å². The summed E-state index contributed by atoms with van der Waals surface area (Å²) in [6.07, 6.45) is -4.27. The minimum absolute atomic E-state index is 0.0238. The van der Waals surface area contributed by atoms with Crippen molar-refractivity contribution in [2.75, 3.05) is 79.6 Å². The van der Waals surface area contributed by atoms with Crippen molar-refractivity contribution >= 4 is 29.7 Å². The van der Waals surface area contributed by atoms with Gasteiger partial charge in [0.2, 0.25) is 16.4 Å². The van der Waals surface area contributed by atoms with E-state index in [2.05, 4.69) is 22.2 Å². The van der Waals surface area contributed by atoms with Gasteiger partial charge in [-0.05, 0) is 99.3 Å². The number of amides is 1. The molecule has 7 atom stereocenters. The van der Waals surface area contributed by atoms with Gasteiger partial charge in [0, 0.05) is 45.8 Å². The van der Waals surface area contributed by atoms with Crippen LogP contribution in [0, 0.1) is 11.8 Å². The number of sulfonamides is 1. The predicted molar refractivity (Wildman–Crippen MR) is 244 cm³/mol. The molecule has 2 N–H and O–H groups in total. The number of piperazine rings is 1. The Morgan fingerprint density at radius 1 is 0.939 bits per heavy atom. The Hall–Kier alpha value is -4.30. The summed E-state index contributed by atoms with van der Waals surface area (Å²) in [5, 5.41) is 14.6. The number of benzene rings is 3. The van der Waals surface area contributed by atoms with Gasteiger partial charge >= 0.3 is 19.7 Å². The van der Waals surface area contributed by atoms with Crippen molar-refractivity contribution in [3.05, 3.63) is 83.9 Å². The van der Waals surface area contributed by atoms with Crippen LogP contribution in [0.2, 0.25) is 0 Å². The van der Waals surface area contributed by atoms with Gasteiger partial charge in [0.25, 0.3) is 0 Å². The maximum atomic E-state index is 14.4. The van der Waals surface area contributed by atoms with Gasteiger partial charge in [-0.25, -0.2) is 22.6 Å². The van der Waals surface area contributed by atoms with Crippen molar-refractivity contribution in [2.24, 2.45) is 11.8 Å². The van der Waals surface area contributed by atoms with Gasteiger partial charge < -0.3 is 48.3 Å². The van der Waals surface area contributed by atoms with Crippen LogP contribution in [0.1, 0.15) is 45.2 Å². The smallest absolute Gasteiger partial charge is 0.417 e. The number of hydrogen-bond donors (Lipinski definition) is 2. The molecular formula is C46H65N4O14PS. The first-order chi connectivity index (χ1) is 31.5. The fourth-order valence-corrected chi connectivity index (χ4v) is 11.0. The number of carbonyl (C=O) groups excluding carboxylic acids is 2. The van der Waals surface area contributed by atoms with Crippen LogP contribution >= 0.6 is 7.60 Å². The number of alkyl carbamates (subject to hydrolysis) is 1. The van der Waals surface area contributed by atoms with E-state index in [9.17, 15) is 27.7 Å². The average Bonchev–Trinajstić information content (AvgIpc) is 3.92. The van der Waals surface area contributed by atoms with Crippen LogP contribution in [0.4, 0.5) is 4.79 Å². The van der Waals surface area contributed by atoms with Crippen molar-refractivity contribution in [1.29, 1.82) is 0 Å². The Morgan fingerprint density at radius 3 is 2.33 bits per heavy atom. The first-order valence-electron chi connectivity index (χ1n) is 22.4. The van der Waals surface area contributed by atoms with E-state index in [4.69, 9.17) is 37.5 Å². The molecule has 3 heterocycles. The molecule has 20 heteroatoms. The maximum absolute atomic E-state index is 14.4. The largest absolute Gasteiger partial charge is 0.497 e. The normalized spacial score (nSPS) is 21.4. The molecule has 3 fully saturated rings. The van der Waals surface area contributed by atoms with Gasteiger partial charge in [-0.15, -0.1) is 0 Å². The minimum Gasteiger partial charge on any atom is -0.497 e. The lowest BCUT2D eigenvalue weighted by Crippen LogP contribution is -2.51. The van der Waals surface area contributed by atoms with Crippen molar-refractivity contribution < 1.29 is 65.1 Å². The second kappa shape index (κ2) is 23.6. The number of aliphatic hydroxyl groups excluding tert-OH is 1. The van der Waals surface area contributed by atoms with Crippen LogP contribution < -0.4 is 19.3 Å². The van der Waals surface area contributed by atoms with E-state index in [-0.39, 0.29) is 61.0 Å². The minimum atomic E-state index is -4.17. The lowest BCUT2D eigenvalue weighted by atomic mass is 10.0. The Kier molecular flexibility index (Phi) is 18.3. The molecule has 1 unspecified atom stereocenters. The third kappa shape index (κ3) is 14.4. The number of carbonyl (C=O) groups is 2. The van der Waals surface area contributed by atoms with Gasteiger partial charge in [0.15, 0.2) is 12.4 Å². The molecule has 0 radical (unpaired) electrons. The van der Waals surface area contributed by atoms with Crippen LogP contribution in [0.3, 0.4) is 0 Å². The quantitative estimate of drug-likeness (QED) is 0.0936. The molecule has 6 rings (SSSR count). The zero-order valence-corrected chi connectivity index (χ0v) is 40.3. The highest BCUT2D eigenvalue weighted by molar-refractivity contribution is 7.89. The van der Waals surface area contributed by atoms with E-state index in [0.717, 1.165) is 31.7 Å². The molecule has 3 aliphatic heterocycles. The SMILES string of the molecule is CCOC(=O)[C@H](C)OP(=O)(COc1ccc(C[C@H](NC(=O)O[C@H]2CO[C@H]3OCC[C@H]32)[C@H](O)CN(CC(C)C)S(=O)(=O)c2ccc(OC)cc2)cc1)Oc1cccc(CN2CCN(C)CC2)c1.